The minimum atomic E-state index is -0.717. The molecule has 2 aromatic carbocycles. The number of ketones is 1. The summed E-state index contributed by atoms with van der Waals surface area (Å²) < 4.78 is 5.17. The number of carboxylic acids is 1. The number of aliphatic carboxylic acids is 1. The highest BCUT2D eigenvalue weighted by Crippen LogP contribution is 2.23. The predicted molar refractivity (Wildman–Crippen MR) is 107 cm³/mol. The third kappa shape index (κ3) is 6.24. The topological polar surface area (TPSA) is 63.6 Å². The Morgan fingerprint density at radius 1 is 0.926 bits per heavy atom. The van der Waals surface area contributed by atoms with Gasteiger partial charge in [0.05, 0.1) is 13.0 Å². The molecule has 2 rings (SSSR count). The average Bonchev–Trinajstić information content (AvgIpc) is 2.70. The van der Waals surface area contributed by atoms with E-state index < -0.39 is 5.97 Å². The Hall–Kier alpha value is -2.62. The predicted octanol–water partition coefficient (Wildman–Crippen LogP) is 5.61. The summed E-state index contributed by atoms with van der Waals surface area (Å²) >= 11 is 0. The summed E-state index contributed by atoms with van der Waals surface area (Å²) in [7, 11) is 1.64. The van der Waals surface area contributed by atoms with Crippen LogP contribution in [-0.4, -0.2) is 24.0 Å². The molecule has 0 saturated heterocycles. The molecule has 144 valence electrons. The molecule has 0 bridgehead atoms. The Balaban J connectivity index is 1.80. The van der Waals surface area contributed by atoms with Gasteiger partial charge in [-0.25, -0.2) is 0 Å². The molecule has 4 heteroatoms. The first-order valence-corrected chi connectivity index (χ1v) is 9.55. The first-order chi connectivity index (χ1) is 13.0. The summed E-state index contributed by atoms with van der Waals surface area (Å²) in [5, 5.41) is 9.04. The van der Waals surface area contributed by atoms with Crippen molar-refractivity contribution in [3.8, 4) is 16.9 Å². The number of benzene rings is 2. The van der Waals surface area contributed by atoms with Gasteiger partial charge < -0.3 is 9.84 Å². The van der Waals surface area contributed by atoms with Crippen LogP contribution in [0.4, 0.5) is 0 Å². The van der Waals surface area contributed by atoms with Crippen molar-refractivity contribution in [1.29, 1.82) is 0 Å². The zero-order chi connectivity index (χ0) is 19.6. The number of carbonyl (C=O) groups excluding carboxylic acids is 1. The minimum Gasteiger partial charge on any atom is -0.497 e. The molecule has 0 aliphatic heterocycles. The van der Waals surface area contributed by atoms with Crippen molar-refractivity contribution in [3.05, 3.63) is 54.1 Å². The highest BCUT2D eigenvalue weighted by atomic mass is 16.5. The van der Waals surface area contributed by atoms with Crippen molar-refractivity contribution in [2.24, 2.45) is 5.92 Å². The lowest BCUT2D eigenvalue weighted by Gasteiger charge is -2.09. The van der Waals surface area contributed by atoms with Gasteiger partial charge in [0.1, 0.15) is 5.75 Å². The minimum absolute atomic E-state index is 0.140. The lowest BCUT2D eigenvalue weighted by Crippen LogP contribution is -2.12. The second-order valence-corrected chi connectivity index (χ2v) is 6.77. The van der Waals surface area contributed by atoms with Crippen molar-refractivity contribution in [3.63, 3.8) is 0 Å². The SMILES string of the molecule is CCC(CCCCCC(=O)c1ccc(-c2ccc(OC)cc2)cc1)C(=O)O. The number of hydrogen-bond acceptors (Lipinski definition) is 3. The molecule has 0 radical (unpaired) electrons. The maximum Gasteiger partial charge on any atom is 0.306 e. The third-order valence-corrected chi connectivity index (χ3v) is 4.93. The van der Waals surface area contributed by atoms with Gasteiger partial charge in [-0.1, -0.05) is 56.2 Å². The summed E-state index contributed by atoms with van der Waals surface area (Å²) in [5.41, 5.74) is 2.87. The van der Waals surface area contributed by atoms with E-state index >= 15 is 0 Å². The zero-order valence-electron chi connectivity index (χ0n) is 16.1. The summed E-state index contributed by atoms with van der Waals surface area (Å²) in [6.07, 6.45) is 4.40. The van der Waals surface area contributed by atoms with Crippen LogP contribution in [0.25, 0.3) is 11.1 Å². The van der Waals surface area contributed by atoms with Crippen LogP contribution >= 0.6 is 0 Å². The van der Waals surface area contributed by atoms with Crippen molar-refractivity contribution in [2.75, 3.05) is 7.11 Å². The Labute approximate surface area is 161 Å². The van der Waals surface area contributed by atoms with Crippen LogP contribution in [0.1, 0.15) is 55.8 Å². The normalized spacial score (nSPS) is 11.8. The molecular weight excluding hydrogens is 340 g/mol. The van der Waals surface area contributed by atoms with Crippen LogP contribution in [0.3, 0.4) is 0 Å². The number of unbranched alkanes of at least 4 members (excludes halogenated alkanes) is 2. The average molecular weight is 368 g/mol. The molecule has 27 heavy (non-hydrogen) atoms. The number of rotatable bonds is 11. The van der Waals surface area contributed by atoms with E-state index in [0.29, 0.717) is 19.3 Å². The fourth-order valence-corrected chi connectivity index (χ4v) is 3.13. The Kier molecular flexibility index (Phi) is 8.05. The standard InChI is InChI=1S/C23H28O4/c1-3-17(23(25)26)7-5-4-6-8-22(24)20-11-9-18(10-12-20)19-13-15-21(27-2)16-14-19/h9-17H,3-8H2,1-2H3,(H,25,26). The van der Waals surface area contributed by atoms with Gasteiger partial charge in [0, 0.05) is 12.0 Å². The van der Waals surface area contributed by atoms with E-state index in [1.807, 2.05) is 55.5 Å². The van der Waals surface area contributed by atoms with E-state index in [0.717, 1.165) is 41.7 Å². The first-order valence-electron chi connectivity index (χ1n) is 9.55. The van der Waals surface area contributed by atoms with Crippen LogP contribution in [0.5, 0.6) is 5.75 Å². The van der Waals surface area contributed by atoms with Gasteiger partial charge in [0.25, 0.3) is 0 Å². The molecule has 0 amide bonds. The number of ether oxygens (including phenoxy) is 1. The van der Waals surface area contributed by atoms with E-state index in [4.69, 9.17) is 9.84 Å². The second-order valence-electron chi connectivity index (χ2n) is 6.77. The van der Waals surface area contributed by atoms with Crippen LogP contribution in [-0.2, 0) is 4.79 Å². The monoisotopic (exact) mass is 368 g/mol. The number of hydrogen-bond donors (Lipinski definition) is 1. The zero-order valence-corrected chi connectivity index (χ0v) is 16.1. The number of Topliss-reactive ketones (excluding diaryl/α,β-unsaturated/α-hetero) is 1. The highest BCUT2D eigenvalue weighted by molar-refractivity contribution is 5.96. The Morgan fingerprint density at radius 2 is 1.52 bits per heavy atom. The lowest BCUT2D eigenvalue weighted by molar-refractivity contribution is -0.142. The molecule has 2 aromatic rings. The van der Waals surface area contributed by atoms with E-state index in [1.165, 1.54) is 0 Å². The maximum absolute atomic E-state index is 12.3. The van der Waals surface area contributed by atoms with Gasteiger partial charge in [-0.15, -0.1) is 0 Å². The molecule has 0 aromatic heterocycles. The smallest absolute Gasteiger partial charge is 0.306 e. The summed E-state index contributed by atoms with van der Waals surface area (Å²) in [6, 6.07) is 15.5. The highest BCUT2D eigenvalue weighted by Gasteiger charge is 2.14. The number of carboxylic acid groups (broad SMARTS) is 1. The van der Waals surface area contributed by atoms with Gasteiger partial charge in [-0.05, 0) is 42.5 Å². The van der Waals surface area contributed by atoms with E-state index in [1.54, 1.807) is 7.11 Å². The van der Waals surface area contributed by atoms with E-state index in [9.17, 15) is 9.59 Å². The molecule has 0 fully saturated rings. The maximum atomic E-state index is 12.3. The fraction of sp³-hybridized carbons (Fsp3) is 0.391. The van der Waals surface area contributed by atoms with Gasteiger partial charge in [-0.3, -0.25) is 9.59 Å². The fourth-order valence-electron chi connectivity index (χ4n) is 3.13. The van der Waals surface area contributed by atoms with Crippen molar-refractivity contribution in [1.82, 2.24) is 0 Å². The number of methoxy groups -OCH3 is 1. The molecule has 0 aliphatic carbocycles. The van der Waals surface area contributed by atoms with Crippen LogP contribution in [0.2, 0.25) is 0 Å². The van der Waals surface area contributed by atoms with Gasteiger partial charge in [-0.2, -0.15) is 0 Å². The Morgan fingerprint density at radius 3 is 2.04 bits per heavy atom. The molecule has 1 atom stereocenters. The summed E-state index contributed by atoms with van der Waals surface area (Å²) in [5.74, 6) is -0.0163. The van der Waals surface area contributed by atoms with Gasteiger partial charge >= 0.3 is 5.97 Å². The summed E-state index contributed by atoms with van der Waals surface area (Å²) in [4.78, 5) is 23.3. The molecule has 1 unspecified atom stereocenters. The molecule has 0 heterocycles. The van der Waals surface area contributed by atoms with E-state index in [2.05, 4.69) is 0 Å². The lowest BCUT2D eigenvalue weighted by atomic mass is 9.97. The first kappa shape index (κ1) is 20.7. The largest absolute Gasteiger partial charge is 0.497 e. The van der Waals surface area contributed by atoms with E-state index in [-0.39, 0.29) is 11.7 Å². The third-order valence-electron chi connectivity index (χ3n) is 4.93. The Bertz CT molecular complexity index is 732. The van der Waals surface area contributed by atoms with Crippen LogP contribution in [0, 0.1) is 5.92 Å². The van der Waals surface area contributed by atoms with Crippen molar-refractivity contribution >= 4 is 11.8 Å². The molecule has 0 aliphatic rings. The molecule has 1 N–H and O–H groups in total. The number of carbonyl (C=O) groups is 2. The van der Waals surface area contributed by atoms with Crippen molar-refractivity contribution < 1.29 is 19.4 Å². The molecule has 0 spiro atoms. The van der Waals surface area contributed by atoms with Crippen molar-refractivity contribution in [2.45, 2.75) is 45.4 Å². The van der Waals surface area contributed by atoms with Gasteiger partial charge in [0.2, 0.25) is 0 Å². The summed E-state index contributed by atoms with van der Waals surface area (Å²) in [6.45, 7) is 1.90. The van der Waals surface area contributed by atoms with Crippen LogP contribution < -0.4 is 4.74 Å². The quantitative estimate of drug-likeness (QED) is 0.414. The second kappa shape index (κ2) is 10.5. The molecule has 4 nitrogen and oxygen atoms in total. The molecular formula is C23H28O4. The van der Waals surface area contributed by atoms with Crippen LogP contribution in [0.15, 0.2) is 48.5 Å². The molecule has 0 saturated carbocycles. The van der Waals surface area contributed by atoms with Gasteiger partial charge in [0.15, 0.2) is 5.78 Å².